The Morgan fingerprint density at radius 2 is 1.79 bits per heavy atom. The van der Waals surface area contributed by atoms with Crippen LogP contribution in [0.4, 0.5) is 8.78 Å². The molecule has 1 unspecified atom stereocenters. The first kappa shape index (κ1) is 21.8. The van der Waals surface area contributed by atoms with Crippen molar-refractivity contribution in [3.8, 4) is 11.5 Å². The molecule has 0 N–H and O–H groups in total. The van der Waals surface area contributed by atoms with Crippen LogP contribution >= 0.6 is 0 Å². The van der Waals surface area contributed by atoms with Crippen LogP contribution in [0.2, 0.25) is 0 Å². The van der Waals surface area contributed by atoms with E-state index in [1.165, 1.54) is 17.7 Å². The lowest BCUT2D eigenvalue weighted by molar-refractivity contribution is -0.141. The van der Waals surface area contributed by atoms with E-state index in [-0.39, 0.29) is 30.1 Å². The van der Waals surface area contributed by atoms with Gasteiger partial charge in [-0.2, -0.15) is 8.78 Å². The van der Waals surface area contributed by atoms with Crippen molar-refractivity contribution in [3.05, 3.63) is 35.4 Å². The van der Waals surface area contributed by atoms with Crippen molar-refractivity contribution in [2.24, 2.45) is 11.8 Å². The lowest BCUT2D eigenvalue weighted by Crippen LogP contribution is -2.33. The third-order valence-corrected chi connectivity index (χ3v) is 5.85. The normalized spacial score (nSPS) is 24.7. The molecule has 1 aromatic rings. The van der Waals surface area contributed by atoms with E-state index >= 15 is 0 Å². The summed E-state index contributed by atoms with van der Waals surface area (Å²) in [6, 6.07) is 2.52. The minimum Gasteiger partial charge on any atom is -0.491 e. The maximum Gasteiger partial charge on any atom is 0.314 e. The first-order valence-electron chi connectivity index (χ1n) is 10.6. The van der Waals surface area contributed by atoms with Gasteiger partial charge < -0.3 is 14.2 Å². The maximum atomic E-state index is 14.2. The van der Waals surface area contributed by atoms with Gasteiger partial charge in [0.05, 0.1) is 25.2 Å². The molecule has 1 atom stereocenters. The number of ether oxygens (including phenoxy) is 3. The molecule has 3 rings (SSSR count). The highest BCUT2D eigenvalue weighted by molar-refractivity contribution is 5.75. The Morgan fingerprint density at radius 3 is 2.41 bits per heavy atom. The first-order valence-corrected chi connectivity index (χ1v) is 10.6. The highest BCUT2D eigenvalue weighted by Gasteiger charge is 2.33. The van der Waals surface area contributed by atoms with Gasteiger partial charge in [0.25, 0.3) is 0 Å². The van der Waals surface area contributed by atoms with Gasteiger partial charge in [0.1, 0.15) is 0 Å². The summed E-state index contributed by atoms with van der Waals surface area (Å²) in [5, 5.41) is 0. The largest absolute Gasteiger partial charge is 0.491 e. The van der Waals surface area contributed by atoms with Crippen LogP contribution < -0.4 is 9.47 Å². The molecule has 0 aromatic heterocycles. The third-order valence-electron chi connectivity index (χ3n) is 5.85. The molecule has 1 saturated carbocycles. The minimum absolute atomic E-state index is 0.186. The van der Waals surface area contributed by atoms with Gasteiger partial charge in [-0.25, -0.2) is 0 Å². The quantitative estimate of drug-likeness (QED) is 0.335. The number of rotatable bonds is 7. The van der Waals surface area contributed by atoms with Crippen LogP contribution in [-0.4, -0.2) is 25.3 Å². The Morgan fingerprint density at radius 1 is 1.10 bits per heavy atom. The summed E-state index contributed by atoms with van der Waals surface area (Å²) < 4.78 is 44.3. The predicted molar refractivity (Wildman–Crippen MR) is 106 cm³/mol. The van der Waals surface area contributed by atoms with E-state index in [1.54, 1.807) is 6.92 Å². The lowest BCUT2D eigenvalue weighted by atomic mass is 9.78. The molecule has 0 amide bonds. The zero-order valence-corrected chi connectivity index (χ0v) is 17.2. The molecular weight excluding hydrogens is 378 g/mol. The molecule has 1 fully saturated rings. The summed E-state index contributed by atoms with van der Waals surface area (Å²) in [6.07, 6.45) is 8.78. The molecule has 1 aliphatic carbocycles. The van der Waals surface area contributed by atoms with Crippen LogP contribution in [-0.2, 0) is 9.53 Å². The topological polar surface area (TPSA) is 44.8 Å². The van der Waals surface area contributed by atoms with Crippen LogP contribution in [0, 0.1) is 23.5 Å². The molecule has 0 bridgehead atoms. The van der Waals surface area contributed by atoms with Crippen LogP contribution in [0.5, 0.6) is 11.5 Å². The highest BCUT2D eigenvalue weighted by atomic mass is 19.2. The highest BCUT2D eigenvalue weighted by Crippen LogP contribution is 2.36. The van der Waals surface area contributed by atoms with Gasteiger partial charge in [0.2, 0.25) is 11.6 Å². The average molecular weight is 408 g/mol. The summed E-state index contributed by atoms with van der Waals surface area (Å²) in [5.41, 5.74) is 1.38. The summed E-state index contributed by atoms with van der Waals surface area (Å²) in [4.78, 5) is 12.5. The predicted octanol–water partition coefficient (Wildman–Crippen LogP) is 5.59. The van der Waals surface area contributed by atoms with E-state index in [2.05, 4.69) is 13.0 Å². The smallest absolute Gasteiger partial charge is 0.314 e. The fourth-order valence-corrected chi connectivity index (χ4v) is 4.23. The fourth-order valence-electron chi connectivity index (χ4n) is 4.23. The molecule has 1 aromatic carbocycles. The van der Waals surface area contributed by atoms with E-state index < -0.39 is 17.6 Å². The maximum absolute atomic E-state index is 14.2. The van der Waals surface area contributed by atoms with Gasteiger partial charge in [0.15, 0.2) is 11.5 Å². The van der Waals surface area contributed by atoms with E-state index in [9.17, 15) is 13.6 Å². The van der Waals surface area contributed by atoms with Crippen molar-refractivity contribution in [3.63, 3.8) is 0 Å². The van der Waals surface area contributed by atoms with Gasteiger partial charge >= 0.3 is 5.97 Å². The van der Waals surface area contributed by atoms with Crippen molar-refractivity contribution < 1.29 is 27.8 Å². The van der Waals surface area contributed by atoms with Crippen LogP contribution in [0.15, 0.2) is 23.8 Å². The van der Waals surface area contributed by atoms with Crippen molar-refractivity contribution in [2.45, 2.75) is 64.9 Å². The molecule has 2 aliphatic rings. The Labute approximate surface area is 171 Å². The molecule has 0 spiro atoms. The molecule has 1 heterocycles. The van der Waals surface area contributed by atoms with Crippen molar-refractivity contribution >= 4 is 5.97 Å². The lowest BCUT2D eigenvalue weighted by Gasteiger charge is -2.34. The van der Waals surface area contributed by atoms with Crippen LogP contribution in [0.3, 0.4) is 0 Å². The molecular formula is C23H30F2O4. The number of carbonyl (C=O) groups excluding carboxylic acids is 1. The second-order valence-electron chi connectivity index (χ2n) is 7.85. The summed E-state index contributed by atoms with van der Waals surface area (Å²) in [5.74, 6) is -3.26. The Kier molecular flexibility index (Phi) is 7.64. The summed E-state index contributed by atoms with van der Waals surface area (Å²) in [7, 11) is 0. The molecule has 4 nitrogen and oxygen atoms in total. The van der Waals surface area contributed by atoms with Crippen molar-refractivity contribution in [1.82, 2.24) is 0 Å². The number of benzene rings is 1. The summed E-state index contributed by atoms with van der Waals surface area (Å²) in [6.45, 7) is 4.78. The van der Waals surface area contributed by atoms with Crippen LogP contribution in [0.25, 0.3) is 0 Å². The summed E-state index contributed by atoms with van der Waals surface area (Å²) >= 11 is 0. The number of carbonyl (C=O) groups is 1. The monoisotopic (exact) mass is 408 g/mol. The van der Waals surface area contributed by atoms with E-state index in [0.717, 1.165) is 32.1 Å². The second-order valence-corrected chi connectivity index (χ2v) is 7.85. The van der Waals surface area contributed by atoms with Gasteiger partial charge in [-0.15, -0.1) is 0 Å². The zero-order valence-electron chi connectivity index (χ0n) is 17.2. The SMILES string of the molecule is CCCC1=CCC(C2CCC(C(=O)Oc3ccc(OCC)c(F)c3F)CC2)OC1. The first-order chi connectivity index (χ1) is 14.0. The number of hydrogen-bond acceptors (Lipinski definition) is 4. The standard InChI is InChI=1S/C23H30F2O4/c1-3-5-15-6-11-18(28-14-15)16-7-9-17(10-8-16)23(26)29-20-13-12-19(27-4-2)21(24)22(20)25/h6,12-13,16-18H,3-5,7-11,14H2,1-2H3. The molecule has 29 heavy (non-hydrogen) atoms. The number of halogens is 2. The zero-order chi connectivity index (χ0) is 20.8. The van der Waals surface area contributed by atoms with Gasteiger partial charge in [-0.05, 0) is 69.1 Å². The Bertz CT molecular complexity index is 739. The van der Waals surface area contributed by atoms with Crippen molar-refractivity contribution in [1.29, 1.82) is 0 Å². The average Bonchev–Trinajstić information content (AvgIpc) is 2.74. The van der Waals surface area contributed by atoms with E-state index in [4.69, 9.17) is 14.2 Å². The van der Waals surface area contributed by atoms with Crippen LogP contribution in [0.1, 0.15) is 58.8 Å². The number of esters is 1. The van der Waals surface area contributed by atoms with E-state index in [1.807, 2.05) is 0 Å². The van der Waals surface area contributed by atoms with E-state index in [0.29, 0.717) is 25.4 Å². The van der Waals surface area contributed by atoms with Gasteiger partial charge in [-0.1, -0.05) is 19.4 Å². The van der Waals surface area contributed by atoms with Crippen molar-refractivity contribution in [2.75, 3.05) is 13.2 Å². The molecule has 0 radical (unpaired) electrons. The third kappa shape index (κ3) is 5.35. The van der Waals surface area contributed by atoms with Gasteiger partial charge in [-0.3, -0.25) is 4.79 Å². The fraction of sp³-hybridized carbons (Fsp3) is 0.609. The second kappa shape index (κ2) is 10.2. The minimum atomic E-state index is -1.19. The Hall–Kier alpha value is -1.95. The van der Waals surface area contributed by atoms with Gasteiger partial charge in [0, 0.05) is 0 Å². The molecule has 0 saturated heterocycles. The molecule has 6 heteroatoms. The number of hydrogen-bond donors (Lipinski definition) is 0. The Balaban J connectivity index is 1.51. The molecule has 160 valence electrons. The molecule has 1 aliphatic heterocycles.